The summed E-state index contributed by atoms with van der Waals surface area (Å²) in [7, 11) is 0. The number of rotatable bonds is 5. The molecule has 1 heterocycles. The maximum Gasteiger partial charge on any atom is 0.174 e. The van der Waals surface area contributed by atoms with Gasteiger partial charge < -0.3 is 5.32 Å². The van der Waals surface area contributed by atoms with Crippen LogP contribution < -0.4 is 5.32 Å². The topological polar surface area (TPSA) is 37.8 Å². The third-order valence-corrected chi connectivity index (χ3v) is 4.76. The van der Waals surface area contributed by atoms with Crippen LogP contribution in [0.1, 0.15) is 39.1 Å². The van der Waals surface area contributed by atoms with Crippen molar-refractivity contribution in [3.8, 4) is 0 Å². The van der Waals surface area contributed by atoms with Crippen LogP contribution in [-0.4, -0.2) is 14.9 Å². The van der Waals surface area contributed by atoms with Gasteiger partial charge in [-0.1, -0.05) is 30.8 Å². The minimum atomic E-state index is -0.207. The lowest BCUT2D eigenvalue weighted by atomic mass is 10.1. The van der Waals surface area contributed by atoms with E-state index >= 15 is 0 Å². The van der Waals surface area contributed by atoms with Crippen LogP contribution in [0.4, 0.5) is 4.39 Å². The van der Waals surface area contributed by atoms with Crippen LogP contribution in [-0.2, 0) is 13.0 Å². The lowest BCUT2D eigenvalue weighted by Gasteiger charge is -2.21. The molecule has 0 fully saturated rings. The Labute approximate surface area is 133 Å². The molecule has 1 N–H and O–H groups in total. The number of benzene rings is 1. The van der Waals surface area contributed by atoms with Crippen molar-refractivity contribution in [1.29, 1.82) is 0 Å². The molecule has 6 heteroatoms. The first kappa shape index (κ1) is 16.4. The number of hydrogen-bond donors (Lipinski definition) is 1. The van der Waals surface area contributed by atoms with Crippen LogP contribution in [0.2, 0.25) is 0 Å². The highest BCUT2D eigenvalue weighted by atomic mass is 32.2. The standard InChI is InChI=1S/C15H20FN3S2/c1-5-12-18-14(21-19-12)20-13-10(7-6-8-11(13)16)9-17-15(2,3)4/h6-8,17H,5,9H2,1-4H3. The average Bonchev–Trinajstić information content (AvgIpc) is 2.86. The third kappa shape index (κ3) is 4.76. The molecule has 0 saturated heterocycles. The van der Waals surface area contributed by atoms with Crippen molar-refractivity contribution in [3.63, 3.8) is 0 Å². The fraction of sp³-hybridized carbons (Fsp3) is 0.467. The molecule has 1 aromatic heterocycles. The van der Waals surface area contributed by atoms with Gasteiger partial charge in [0, 0.05) is 18.5 Å². The van der Waals surface area contributed by atoms with E-state index in [1.807, 2.05) is 13.0 Å². The number of hydrogen-bond acceptors (Lipinski definition) is 5. The van der Waals surface area contributed by atoms with Crippen molar-refractivity contribution in [3.05, 3.63) is 35.4 Å². The number of aromatic nitrogens is 2. The van der Waals surface area contributed by atoms with E-state index in [4.69, 9.17) is 0 Å². The predicted molar refractivity (Wildman–Crippen MR) is 86.4 cm³/mol. The first-order valence-corrected chi connectivity index (χ1v) is 8.51. The molecule has 114 valence electrons. The lowest BCUT2D eigenvalue weighted by molar-refractivity contribution is 0.421. The lowest BCUT2D eigenvalue weighted by Crippen LogP contribution is -2.35. The van der Waals surface area contributed by atoms with Crippen molar-refractivity contribution < 1.29 is 4.39 Å². The highest BCUT2D eigenvalue weighted by molar-refractivity contribution is 8.01. The van der Waals surface area contributed by atoms with Gasteiger partial charge >= 0.3 is 0 Å². The quantitative estimate of drug-likeness (QED) is 0.890. The summed E-state index contributed by atoms with van der Waals surface area (Å²) in [5.41, 5.74) is 0.940. The van der Waals surface area contributed by atoms with Crippen molar-refractivity contribution in [2.75, 3.05) is 0 Å². The van der Waals surface area contributed by atoms with Gasteiger partial charge in [-0.25, -0.2) is 9.37 Å². The Bertz CT molecular complexity index is 605. The smallest absolute Gasteiger partial charge is 0.174 e. The van der Waals surface area contributed by atoms with Crippen LogP contribution in [0, 0.1) is 5.82 Å². The van der Waals surface area contributed by atoms with Crippen molar-refractivity contribution in [2.24, 2.45) is 0 Å². The predicted octanol–water partition coefficient (Wildman–Crippen LogP) is 4.28. The fourth-order valence-electron chi connectivity index (χ4n) is 1.68. The molecular weight excluding hydrogens is 305 g/mol. The van der Waals surface area contributed by atoms with E-state index in [-0.39, 0.29) is 11.4 Å². The van der Waals surface area contributed by atoms with E-state index in [2.05, 4.69) is 35.4 Å². The second-order valence-corrected chi connectivity index (χ2v) is 7.77. The number of aryl methyl sites for hydroxylation is 1. The van der Waals surface area contributed by atoms with Gasteiger partial charge in [0.1, 0.15) is 11.6 Å². The summed E-state index contributed by atoms with van der Waals surface area (Å²) < 4.78 is 19.2. The average molecular weight is 325 g/mol. The molecule has 2 rings (SSSR count). The maximum absolute atomic E-state index is 14.2. The highest BCUT2D eigenvalue weighted by Gasteiger charge is 2.15. The van der Waals surface area contributed by atoms with Gasteiger partial charge in [0.15, 0.2) is 4.34 Å². The number of halogens is 1. The van der Waals surface area contributed by atoms with Gasteiger partial charge in [0.25, 0.3) is 0 Å². The van der Waals surface area contributed by atoms with E-state index < -0.39 is 0 Å². The molecule has 2 aromatic rings. The molecule has 0 amide bonds. The van der Waals surface area contributed by atoms with Gasteiger partial charge in [-0.2, -0.15) is 4.37 Å². The molecule has 0 radical (unpaired) electrons. The zero-order chi connectivity index (χ0) is 15.5. The van der Waals surface area contributed by atoms with E-state index in [1.165, 1.54) is 29.4 Å². The summed E-state index contributed by atoms with van der Waals surface area (Å²) in [5, 5.41) is 3.40. The van der Waals surface area contributed by atoms with Crippen LogP contribution in [0.3, 0.4) is 0 Å². The third-order valence-electron chi connectivity index (χ3n) is 2.81. The molecule has 0 aliphatic heterocycles. The van der Waals surface area contributed by atoms with Crippen LogP contribution in [0.25, 0.3) is 0 Å². The first-order valence-electron chi connectivity index (χ1n) is 6.92. The Balaban J connectivity index is 2.21. The molecule has 0 saturated carbocycles. The Morgan fingerprint density at radius 1 is 1.33 bits per heavy atom. The Morgan fingerprint density at radius 2 is 2.10 bits per heavy atom. The van der Waals surface area contributed by atoms with Gasteiger partial charge in [-0.05, 0) is 43.9 Å². The van der Waals surface area contributed by atoms with Crippen molar-refractivity contribution >= 4 is 23.3 Å². The van der Waals surface area contributed by atoms with Crippen LogP contribution in [0.15, 0.2) is 27.4 Å². The minimum Gasteiger partial charge on any atom is -0.308 e. The van der Waals surface area contributed by atoms with E-state index in [9.17, 15) is 4.39 Å². The summed E-state index contributed by atoms with van der Waals surface area (Å²) in [6.07, 6.45) is 0.798. The molecule has 0 atom stereocenters. The summed E-state index contributed by atoms with van der Waals surface area (Å²) in [6, 6.07) is 5.19. The first-order chi connectivity index (χ1) is 9.89. The van der Waals surface area contributed by atoms with Gasteiger partial charge in [0.2, 0.25) is 0 Å². The van der Waals surface area contributed by atoms with Crippen molar-refractivity contribution in [2.45, 2.75) is 55.4 Å². The zero-order valence-electron chi connectivity index (χ0n) is 12.7. The fourth-order valence-corrected chi connectivity index (χ4v) is 3.45. The summed E-state index contributed by atoms with van der Waals surface area (Å²) in [5.74, 6) is 0.606. The minimum absolute atomic E-state index is 0.00757. The monoisotopic (exact) mass is 325 g/mol. The summed E-state index contributed by atoms with van der Waals surface area (Å²) in [4.78, 5) is 5.03. The second-order valence-electron chi connectivity index (χ2n) is 5.76. The van der Waals surface area contributed by atoms with E-state index in [1.54, 1.807) is 6.07 Å². The molecule has 1 aromatic carbocycles. The van der Waals surface area contributed by atoms with E-state index in [0.717, 1.165) is 22.1 Å². The summed E-state index contributed by atoms with van der Waals surface area (Å²) in [6.45, 7) is 8.92. The number of nitrogens with zero attached hydrogens (tertiary/aromatic N) is 2. The molecule has 0 spiro atoms. The Morgan fingerprint density at radius 3 is 2.71 bits per heavy atom. The van der Waals surface area contributed by atoms with Crippen LogP contribution in [0.5, 0.6) is 0 Å². The largest absolute Gasteiger partial charge is 0.308 e. The van der Waals surface area contributed by atoms with E-state index in [0.29, 0.717) is 11.4 Å². The number of nitrogens with one attached hydrogen (secondary N) is 1. The van der Waals surface area contributed by atoms with Gasteiger partial charge in [-0.15, -0.1) is 0 Å². The maximum atomic E-state index is 14.2. The molecule has 0 aliphatic rings. The van der Waals surface area contributed by atoms with Gasteiger partial charge in [-0.3, -0.25) is 0 Å². The molecule has 21 heavy (non-hydrogen) atoms. The zero-order valence-corrected chi connectivity index (χ0v) is 14.4. The Hall–Kier alpha value is -0.980. The SMILES string of the molecule is CCc1nsc(Sc2c(F)cccc2CNC(C)(C)C)n1. The molecular formula is C15H20FN3S2. The molecule has 3 nitrogen and oxygen atoms in total. The Kier molecular flexibility index (Phi) is 5.35. The molecule has 0 unspecified atom stereocenters. The second kappa shape index (κ2) is 6.85. The van der Waals surface area contributed by atoms with Crippen molar-refractivity contribution in [1.82, 2.24) is 14.7 Å². The van der Waals surface area contributed by atoms with Crippen LogP contribution >= 0.6 is 23.3 Å². The normalized spacial score (nSPS) is 11.9. The molecule has 0 bridgehead atoms. The molecule has 0 aliphatic carbocycles. The summed E-state index contributed by atoms with van der Waals surface area (Å²) >= 11 is 2.68. The highest BCUT2D eigenvalue weighted by Crippen LogP contribution is 2.34. The van der Waals surface area contributed by atoms with Gasteiger partial charge in [0.05, 0.1) is 4.90 Å².